The molecule has 0 atom stereocenters. The zero-order valence-corrected chi connectivity index (χ0v) is 16.5. The Labute approximate surface area is 175 Å². The molecule has 1 aliphatic heterocycles. The van der Waals surface area contributed by atoms with Gasteiger partial charge in [0.05, 0.1) is 4.92 Å². The number of nitro groups is 1. The third kappa shape index (κ3) is 5.90. The van der Waals surface area contributed by atoms with Crippen LogP contribution in [0.25, 0.3) is 0 Å². The van der Waals surface area contributed by atoms with Gasteiger partial charge in [-0.3, -0.25) is 19.8 Å². The first-order chi connectivity index (χ1) is 14.5. The SMILES string of the molecule is N#C/C(=C/NC1CCN(Cc2ccccc2)CC1)C(=O)Nc1ccc([N+](=O)[O-])cc1. The van der Waals surface area contributed by atoms with Crippen LogP contribution in [0.4, 0.5) is 11.4 Å². The number of anilines is 1. The first kappa shape index (κ1) is 21.0. The van der Waals surface area contributed by atoms with E-state index in [2.05, 4.69) is 27.7 Å². The predicted octanol–water partition coefficient (Wildman–Crippen LogP) is 3.19. The fourth-order valence-corrected chi connectivity index (χ4v) is 3.31. The van der Waals surface area contributed by atoms with Crippen LogP contribution in [-0.4, -0.2) is 34.9 Å². The van der Waals surface area contributed by atoms with Gasteiger partial charge < -0.3 is 10.6 Å². The Morgan fingerprint density at radius 3 is 2.43 bits per heavy atom. The van der Waals surface area contributed by atoms with E-state index in [1.54, 1.807) is 0 Å². The van der Waals surface area contributed by atoms with Gasteiger partial charge in [-0.05, 0) is 30.5 Å². The van der Waals surface area contributed by atoms with Gasteiger partial charge >= 0.3 is 0 Å². The van der Waals surface area contributed by atoms with Gasteiger partial charge in [-0.1, -0.05) is 30.3 Å². The lowest BCUT2D eigenvalue weighted by Gasteiger charge is -2.32. The second kappa shape index (κ2) is 10.2. The summed E-state index contributed by atoms with van der Waals surface area (Å²) >= 11 is 0. The molecule has 0 aromatic heterocycles. The molecular weight excluding hydrogens is 382 g/mol. The monoisotopic (exact) mass is 405 g/mol. The van der Waals surface area contributed by atoms with Crippen LogP contribution in [0, 0.1) is 21.4 Å². The highest BCUT2D eigenvalue weighted by molar-refractivity contribution is 6.06. The molecule has 1 amide bonds. The fourth-order valence-electron chi connectivity index (χ4n) is 3.31. The number of hydrogen-bond donors (Lipinski definition) is 2. The number of benzene rings is 2. The van der Waals surface area contributed by atoms with Crippen molar-refractivity contribution in [2.24, 2.45) is 0 Å². The smallest absolute Gasteiger partial charge is 0.269 e. The van der Waals surface area contributed by atoms with Gasteiger partial charge in [0.15, 0.2) is 0 Å². The Balaban J connectivity index is 1.48. The van der Waals surface area contributed by atoms with E-state index in [0.29, 0.717) is 5.69 Å². The number of piperidine rings is 1. The molecule has 2 N–H and O–H groups in total. The number of rotatable bonds is 7. The molecule has 0 saturated carbocycles. The van der Waals surface area contributed by atoms with Crippen LogP contribution in [0.15, 0.2) is 66.4 Å². The van der Waals surface area contributed by atoms with Gasteiger partial charge in [0.2, 0.25) is 0 Å². The minimum absolute atomic E-state index is 0.0416. The van der Waals surface area contributed by atoms with Crippen molar-refractivity contribution in [3.63, 3.8) is 0 Å². The van der Waals surface area contributed by atoms with Crippen molar-refractivity contribution in [2.75, 3.05) is 18.4 Å². The Kier molecular flexibility index (Phi) is 7.14. The molecule has 1 fully saturated rings. The normalized spacial score (nSPS) is 15.2. The third-order valence-electron chi connectivity index (χ3n) is 5.00. The van der Waals surface area contributed by atoms with Crippen LogP contribution >= 0.6 is 0 Å². The zero-order chi connectivity index (χ0) is 21.3. The number of amides is 1. The molecule has 0 aliphatic carbocycles. The van der Waals surface area contributed by atoms with E-state index in [1.807, 2.05) is 24.3 Å². The molecule has 0 radical (unpaired) electrons. The zero-order valence-electron chi connectivity index (χ0n) is 16.5. The van der Waals surface area contributed by atoms with Gasteiger partial charge in [-0.2, -0.15) is 5.26 Å². The molecule has 154 valence electrons. The fraction of sp³-hybridized carbons (Fsp3) is 0.273. The van der Waals surface area contributed by atoms with Gasteiger partial charge in [-0.25, -0.2) is 0 Å². The van der Waals surface area contributed by atoms with Gasteiger partial charge in [0.25, 0.3) is 11.6 Å². The topological polar surface area (TPSA) is 111 Å². The van der Waals surface area contributed by atoms with Crippen LogP contribution in [-0.2, 0) is 11.3 Å². The highest BCUT2D eigenvalue weighted by atomic mass is 16.6. The number of nitrogens with one attached hydrogen (secondary N) is 2. The first-order valence-corrected chi connectivity index (χ1v) is 9.73. The summed E-state index contributed by atoms with van der Waals surface area (Å²) in [6, 6.07) is 17.9. The Hall–Kier alpha value is -3.70. The van der Waals surface area contributed by atoms with Crippen molar-refractivity contribution in [1.82, 2.24) is 10.2 Å². The maximum Gasteiger partial charge on any atom is 0.269 e. The highest BCUT2D eigenvalue weighted by Crippen LogP contribution is 2.17. The quantitative estimate of drug-likeness (QED) is 0.317. The molecular formula is C22H23N5O3. The van der Waals surface area contributed by atoms with Gasteiger partial charge in [-0.15, -0.1) is 0 Å². The number of non-ortho nitro benzene ring substituents is 1. The maximum atomic E-state index is 12.3. The van der Waals surface area contributed by atoms with Crippen LogP contribution < -0.4 is 10.6 Å². The minimum Gasteiger partial charge on any atom is -0.387 e. The average Bonchev–Trinajstić information content (AvgIpc) is 2.76. The maximum absolute atomic E-state index is 12.3. The molecule has 8 nitrogen and oxygen atoms in total. The second-order valence-electron chi connectivity index (χ2n) is 7.13. The molecule has 0 spiro atoms. The third-order valence-corrected chi connectivity index (χ3v) is 5.00. The molecule has 3 rings (SSSR count). The Bertz CT molecular complexity index is 943. The van der Waals surface area contributed by atoms with E-state index >= 15 is 0 Å². The van der Waals surface area contributed by atoms with E-state index in [-0.39, 0.29) is 17.3 Å². The van der Waals surface area contributed by atoms with E-state index in [9.17, 15) is 20.2 Å². The van der Waals surface area contributed by atoms with Crippen LogP contribution in [0.5, 0.6) is 0 Å². The van der Waals surface area contributed by atoms with E-state index < -0.39 is 10.8 Å². The minimum atomic E-state index is -0.555. The molecule has 30 heavy (non-hydrogen) atoms. The van der Waals surface area contributed by atoms with Crippen LogP contribution in [0.2, 0.25) is 0 Å². The van der Waals surface area contributed by atoms with Crippen molar-refractivity contribution in [3.8, 4) is 6.07 Å². The first-order valence-electron chi connectivity index (χ1n) is 9.73. The van der Waals surface area contributed by atoms with Crippen molar-refractivity contribution < 1.29 is 9.72 Å². The number of nitriles is 1. The number of nitrogens with zero attached hydrogens (tertiary/aromatic N) is 3. The Morgan fingerprint density at radius 1 is 1.17 bits per heavy atom. The molecule has 2 aromatic rings. The summed E-state index contributed by atoms with van der Waals surface area (Å²) in [4.78, 5) is 24.9. The Morgan fingerprint density at radius 2 is 1.83 bits per heavy atom. The van der Waals surface area contributed by atoms with Crippen molar-refractivity contribution in [2.45, 2.75) is 25.4 Å². The van der Waals surface area contributed by atoms with Crippen LogP contribution in [0.1, 0.15) is 18.4 Å². The van der Waals surface area contributed by atoms with Gasteiger partial charge in [0, 0.05) is 49.7 Å². The second-order valence-corrected chi connectivity index (χ2v) is 7.13. The lowest BCUT2D eigenvalue weighted by Crippen LogP contribution is -2.40. The molecule has 0 bridgehead atoms. The summed E-state index contributed by atoms with van der Waals surface area (Å²) in [5, 5.41) is 25.8. The highest BCUT2D eigenvalue weighted by Gasteiger charge is 2.19. The van der Waals surface area contributed by atoms with E-state index in [0.717, 1.165) is 32.5 Å². The number of likely N-dealkylation sites (tertiary alicyclic amines) is 1. The summed E-state index contributed by atoms with van der Waals surface area (Å²) in [7, 11) is 0. The number of nitro benzene ring substituents is 1. The summed E-state index contributed by atoms with van der Waals surface area (Å²) in [5.41, 5.74) is 1.57. The number of carbonyl (C=O) groups is 1. The molecule has 0 unspecified atom stereocenters. The summed E-state index contributed by atoms with van der Waals surface area (Å²) in [5.74, 6) is -0.555. The predicted molar refractivity (Wildman–Crippen MR) is 113 cm³/mol. The largest absolute Gasteiger partial charge is 0.387 e. The number of carbonyl (C=O) groups excluding carboxylic acids is 1. The standard InChI is InChI=1S/C22H23N5O3/c23-14-18(22(28)25-20-6-8-21(9-7-20)27(29)30)15-24-19-10-12-26(13-11-19)16-17-4-2-1-3-5-17/h1-9,15,19,24H,10-13,16H2,(H,25,28)/b18-15-. The molecule has 1 aliphatic rings. The van der Waals surface area contributed by atoms with Crippen molar-refractivity contribution in [1.29, 1.82) is 5.26 Å². The lowest BCUT2D eigenvalue weighted by atomic mass is 10.0. The van der Waals surface area contributed by atoms with E-state index in [4.69, 9.17) is 0 Å². The summed E-state index contributed by atoms with van der Waals surface area (Å²) in [6.45, 7) is 2.80. The molecule has 1 heterocycles. The molecule has 1 saturated heterocycles. The van der Waals surface area contributed by atoms with Gasteiger partial charge in [0.1, 0.15) is 11.6 Å². The lowest BCUT2D eigenvalue weighted by molar-refractivity contribution is -0.384. The number of hydrogen-bond acceptors (Lipinski definition) is 6. The molecule has 2 aromatic carbocycles. The molecule has 8 heteroatoms. The average molecular weight is 405 g/mol. The summed E-state index contributed by atoms with van der Waals surface area (Å²) < 4.78 is 0. The van der Waals surface area contributed by atoms with Crippen molar-refractivity contribution in [3.05, 3.63) is 82.0 Å². The summed E-state index contributed by atoms with van der Waals surface area (Å²) in [6.07, 6.45) is 3.30. The van der Waals surface area contributed by atoms with Crippen LogP contribution in [0.3, 0.4) is 0 Å². The van der Waals surface area contributed by atoms with Crippen molar-refractivity contribution >= 4 is 17.3 Å². The van der Waals surface area contributed by atoms with E-state index in [1.165, 1.54) is 36.0 Å².